The molecule has 96 valence electrons. The molecule has 0 bridgehead atoms. The molecule has 0 unspecified atom stereocenters. The van der Waals surface area contributed by atoms with Crippen LogP contribution in [0.15, 0.2) is 22.8 Å². The molecule has 0 aliphatic carbocycles. The minimum Gasteiger partial charge on any atom is -0.487 e. The second-order valence-electron chi connectivity index (χ2n) is 4.02. The van der Waals surface area contributed by atoms with E-state index < -0.39 is 0 Å². The zero-order chi connectivity index (χ0) is 13.1. The molecule has 0 aliphatic rings. The van der Waals surface area contributed by atoms with Gasteiger partial charge in [-0.25, -0.2) is 0 Å². The summed E-state index contributed by atoms with van der Waals surface area (Å²) in [4.78, 5) is 0. The van der Waals surface area contributed by atoms with Crippen molar-refractivity contribution in [3.8, 4) is 5.75 Å². The topological polar surface area (TPSA) is 39.9 Å². The van der Waals surface area contributed by atoms with E-state index in [1.165, 1.54) is 0 Å². The summed E-state index contributed by atoms with van der Waals surface area (Å²) in [5.41, 5.74) is 3.04. The largest absolute Gasteiger partial charge is 0.487 e. The van der Waals surface area contributed by atoms with E-state index >= 15 is 0 Å². The van der Waals surface area contributed by atoms with Gasteiger partial charge in [0.25, 0.3) is 0 Å². The van der Waals surface area contributed by atoms with Crippen LogP contribution in [-0.2, 0) is 19.0 Å². The molecule has 1 heterocycles. The van der Waals surface area contributed by atoms with Gasteiger partial charge in [-0.3, -0.25) is 4.68 Å². The molecular formula is C12H13Br2N3O. The van der Waals surface area contributed by atoms with E-state index in [9.17, 15) is 0 Å². The lowest BCUT2D eigenvalue weighted by Gasteiger charge is -2.12. The predicted molar refractivity (Wildman–Crippen MR) is 76.8 cm³/mol. The molecule has 4 nitrogen and oxygen atoms in total. The van der Waals surface area contributed by atoms with Crippen LogP contribution in [0, 0.1) is 6.92 Å². The molecule has 0 radical (unpaired) electrons. The normalized spacial score (nSPS) is 10.7. The molecule has 0 fully saturated rings. The van der Waals surface area contributed by atoms with Crippen molar-refractivity contribution >= 4 is 31.9 Å². The molecule has 0 saturated heterocycles. The van der Waals surface area contributed by atoms with Gasteiger partial charge in [-0.1, -0.05) is 37.1 Å². The summed E-state index contributed by atoms with van der Waals surface area (Å²) < 4.78 is 8.57. The molecule has 0 aliphatic heterocycles. The average molecular weight is 375 g/mol. The van der Waals surface area contributed by atoms with Gasteiger partial charge in [-0.2, -0.15) is 0 Å². The van der Waals surface area contributed by atoms with Crippen molar-refractivity contribution in [2.24, 2.45) is 7.05 Å². The molecule has 2 aromatic rings. The Hall–Kier alpha value is -0.880. The van der Waals surface area contributed by atoms with E-state index in [0.717, 1.165) is 32.4 Å². The van der Waals surface area contributed by atoms with Crippen LogP contribution in [0.3, 0.4) is 0 Å². The highest BCUT2D eigenvalue weighted by Gasteiger charge is 2.09. The van der Waals surface area contributed by atoms with E-state index in [0.29, 0.717) is 6.61 Å². The van der Waals surface area contributed by atoms with Crippen molar-refractivity contribution in [3.63, 3.8) is 0 Å². The van der Waals surface area contributed by atoms with E-state index in [4.69, 9.17) is 4.74 Å². The number of ether oxygens (including phenoxy) is 1. The molecular weight excluding hydrogens is 362 g/mol. The van der Waals surface area contributed by atoms with Crippen LogP contribution in [0.1, 0.15) is 16.8 Å². The number of hydrogen-bond acceptors (Lipinski definition) is 3. The van der Waals surface area contributed by atoms with Crippen molar-refractivity contribution < 1.29 is 4.74 Å². The van der Waals surface area contributed by atoms with E-state index in [1.807, 2.05) is 32.3 Å². The predicted octanol–water partition coefficient (Wildman–Crippen LogP) is 3.36. The molecule has 1 aromatic carbocycles. The maximum absolute atomic E-state index is 5.85. The Morgan fingerprint density at radius 2 is 2.17 bits per heavy atom. The molecule has 0 amide bonds. The SMILES string of the molecule is Cc1cc(Br)cc(CBr)c1OCc1cn(C)nn1. The Kier molecular flexibility index (Phi) is 4.40. The van der Waals surface area contributed by atoms with Crippen molar-refractivity contribution in [2.45, 2.75) is 18.9 Å². The standard InChI is InChI=1S/C12H13Br2N3O/c1-8-3-10(14)4-9(5-13)12(8)18-7-11-6-17(2)16-15-11/h3-4,6H,5,7H2,1-2H3. The first-order chi connectivity index (χ1) is 8.60. The third kappa shape index (κ3) is 3.11. The minimum atomic E-state index is 0.427. The van der Waals surface area contributed by atoms with Gasteiger partial charge >= 0.3 is 0 Å². The quantitative estimate of drug-likeness (QED) is 0.770. The summed E-state index contributed by atoms with van der Waals surface area (Å²) in [6.07, 6.45) is 1.85. The Balaban J connectivity index is 2.18. The molecule has 2 rings (SSSR count). The van der Waals surface area contributed by atoms with Crippen LogP contribution in [0.4, 0.5) is 0 Å². The van der Waals surface area contributed by atoms with Crippen molar-refractivity contribution in [2.75, 3.05) is 0 Å². The molecule has 0 spiro atoms. The summed E-state index contributed by atoms with van der Waals surface area (Å²) >= 11 is 6.96. The Morgan fingerprint density at radius 3 is 2.78 bits per heavy atom. The lowest BCUT2D eigenvalue weighted by Crippen LogP contribution is -2.00. The van der Waals surface area contributed by atoms with Crippen LogP contribution >= 0.6 is 31.9 Å². The number of alkyl halides is 1. The summed E-state index contributed by atoms with van der Waals surface area (Å²) in [6, 6.07) is 4.09. The first-order valence-corrected chi connectivity index (χ1v) is 7.34. The zero-order valence-corrected chi connectivity index (χ0v) is 13.3. The monoisotopic (exact) mass is 373 g/mol. The highest BCUT2D eigenvalue weighted by atomic mass is 79.9. The highest BCUT2D eigenvalue weighted by molar-refractivity contribution is 9.10. The fourth-order valence-electron chi connectivity index (χ4n) is 1.71. The Bertz CT molecular complexity index is 554. The van der Waals surface area contributed by atoms with Crippen molar-refractivity contribution in [3.05, 3.63) is 39.6 Å². The number of nitrogens with zero attached hydrogens (tertiary/aromatic N) is 3. The first-order valence-electron chi connectivity index (χ1n) is 5.43. The summed E-state index contributed by atoms with van der Waals surface area (Å²) in [7, 11) is 1.84. The second-order valence-corrected chi connectivity index (χ2v) is 5.49. The van der Waals surface area contributed by atoms with E-state index in [2.05, 4.69) is 42.2 Å². The lowest BCUT2D eigenvalue weighted by molar-refractivity contribution is 0.297. The van der Waals surface area contributed by atoms with Crippen molar-refractivity contribution in [1.82, 2.24) is 15.0 Å². The fourth-order valence-corrected chi connectivity index (χ4v) is 2.75. The molecule has 6 heteroatoms. The van der Waals surface area contributed by atoms with Crippen LogP contribution in [0.5, 0.6) is 5.75 Å². The van der Waals surface area contributed by atoms with Crippen LogP contribution in [0.2, 0.25) is 0 Å². The van der Waals surface area contributed by atoms with Gasteiger partial charge in [-0.15, -0.1) is 5.10 Å². The number of halogens is 2. The molecule has 0 atom stereocenters. The van der Waals surface area contributed by atoms with Gasteiger partial charge in [0.05, 0.1) is 6.20 Å². The number of aromatic nitrogens is 3. The van der Waals surface area contributed by atoms with Gasteiger partial charge in [-0.05, 0) is 24.6 Å². The third-order valence-corrected chi connectivity index (χ3v) is 3.54. The molecule has 0 saturated carbocycles. The van der Waals surface area contributed by atoms with Gasteiger partial charge in [0.1, 0.15) is 18.1 Å². The molecule has 0 N–H and O–H groups in total. The number of benzene rings is 1. The lowest BCUT2D eigenvalue weighted by atomic mass is 10.1. The van der Waals surface area contributed by atoms with Gasteiger partial charge in [0.2, 0.25) is 0 Å². The van der Waals surface area contributed by atoms with E-state index in [1.54, 1.807) is 4.68 Å². The Morgan fingerprint density at radius 1 is 1.39 bits per heavy atom. The van der Waals surface area contributed by atoms with E-state index in [-0.39, 0.29) is 0 Å². The summed E-state index contributed by atoms with van der Waals surface area (Å²) in [5.74, 6) is 0.903. The smallest absolute Gasteiger partial charge is 0.134 e. The Labute approximate surface area is 123 Å². The van der Waals surface area contributed by atoms with Gasteiger partial charge in [0, 0.05) is 22.4 Å². The van der Waals surface area contributed by atoms with Crippen LogP contribution < -0.4 is 4.74 Å². The fraction of sp³-hybridized carbons (Fsp3) is 0.333. The molecule has 1 aromatic heterocycles. The van der Waals surface area contributed by atoms with Crippen LogP contribution in [0.25, 0.3) is 0 Å². The zero-order valence-electron chi connectivity index (χ0n) is 10.2. The van der Waals surface area contributed by atoms with Crippen LogP contribution in [-0.4, -0.2) is 15.0 Å². The maximum Gasteiger partial charge on any atom is 0.134 e. The average Bonchev–Trinajstić information content (AvgIpc) is 2.73. The van der Waals surface area contributed by atoms with Crippen molar-refractivity contribution in [1.29, 1.82) is 0 Å². The van der Waals surface area contributed by atoms with Gasteiger partial charge in [0.15, 0.2) is 0 Å². The molecule has 18 heavy (non-hydrogen) atoms. The first kappa shape index (κ1) is 13.5. The number of hydrogen-bond donors (Lipinski definition) is 0. The maximum atomic E-state index is 5.85. The number of rotatable bonds is 4. The highest BCUT2D eigenvalue weighted by Crippen LogP contribution is 2.30. The van der Waals surface area contributed by atoms with Gasteiger partial charge < -0.3 is 4.74 Å². The summed E-state index contributed by atoms with van der Waals surface area (Å²) in [6.45, 7) is 2.46. The number of aryl methyl sites for hydroxylation is 2. The second kappa shape index (κ2) is 5.84. The minimum absolute atomic E-state index is 0.427. The summed E-state index contributed by atoms with van der Waals surface area (Å²) in [5, 5.41) is 8.63. The third-order valence-electron chi connectivity index (χ3n) is 2.47.